The van der Waals surface area contributed by atoms with Gasteiger partial charge in [0.2, 0.25) is 5.91 Å². The van der Waals surface area contributed by atoms with Crippen LogP contribution in [0.5, 0.6) is 0 Å². The Hall–Kier alpha value is -0.370. The summed E-state index contributed by atoms with van der Waals surface area (Å²) in [7, 11) is -1.01. The zero-order valence-electron chi connectivity index (χ0n) is 15.0. The highest BCUT2D eigenvalue weighted by molar-refractivity contribution is 7.91. The van der Waals surface area contributed by atoms with Gasteiger partial charge in [0, 0.05) is 25.2 Å². The van der Waals surface area contributed by atoms with Gasteiger partial charge in [-0.15, -0.1) is 12.4 Å². The fourth-order valence-electron chi connectivity index (χ4n) is 3.72. The fraction of sp³-hybridized carbons (Fsp3) is 0.938. The van der Waals surface area contributed by atoms with Crippen molar-refractivity contribution in [1.29, 1.82) is 0 Å². The van der Waals surface area contributed by atoms with Gasteiger partial charge in [0.25, 0.3) is 0 Å². The Morgan fingerprint density at radius 3 is 2.62 bits per heavy atom. The van der Waals surface area contributed by atoms with E-state index in [1.807, 2.05) is 25.8 Å². The molecule has 2 heterocycles. The summed E-state index contributed by atoms with van der Waals surface area (Å²) in [6.07, 6.45) is 3.68. The number of nitrogens with one attached hydrogen (secondary N) is 1. The topological polar surface area (TPSA) is 69.7 Å². The summed E-state index contributed by atoms with van der Waals surface area (Å²) in [5.41, 5.74) is 0. The van der Waals surface area contributed by atoms with Crippen molar-refractivity contribution in [3.8, 4) is 0 Å². The van der Waals surface area contributed by atoms with Gasteiger partial charge in [-0.05, 0) is 46.2 Å². The van der Waals surface area contributed by atoms with Gasteiger partial charge in [0.05, 0.1) is 17.5 Å². The molecule has 2 aliphatic rings. The van der Waals surface area contributed by atoms with E-state index in [1.165, 1.54) is 0 Å². The SMILES string of the molecule is CCCN(C(=O)C(C)N1CCCC(NC)C1)C1CCS(=O)(=O)C1.Cl. The zero-order valence-corrected chi connectivity index (χ0v) is 16.7. The molecule has 142 valence electrons. The molecule has 0 radical (unpaired) electrons. The lowest BCUT2D eigenvalue weighted by molar-refractivity contribution is -0.139. The molecule has 0 aromatic heterocycles. The molecule has 6 nitrogen and oxygen atoms in total. The molecule has 2 rings (SSSR count). The van der Waals surface area contributed by atoms with E-state index in [0.717, 1.165) is 32.4 Å². The third kappa shape index (κ3) is 5.31. The highest BCUT2D eigenvalue weighted by Crippen LogP contribution is 2.21. The molecule has 0 spiro atoms. The Labute approximate surface area is 152 Å². The standard InChI is InChI=1S/C16H31N3O3S.ClH/c1-4-8-19(15-7-10-23(21,22)12-15)16(20)13(2)18-9-5-6-14(11-18)17-3;/h13-15,17H,4-12H2,1-3H3;1H. The molecule has 2 fully saturated rings. The van der Waals surface area contributed by atoms with Gasteiger partial charge in [-0.3, -0.25) is 9.69 Å². The highest BCUT2D eigenvalue weighted by Gasteiger charge is 2.37. The predicted molar refractivity (Wildman–Crippen MR) is 99.4 cm³/mol. The Kier molecular flexibility index (Phi) is 8.45. The maximum absolute atomic E-state index is 13.0. The number of carbonyl (C=O) groups is 1. The van der Waals surface area contributed by atoms with Crippen LogP contribution in [0.25, 0.3) is 0 Å². The van der Waals surface area contributed by atoms with E-state index in [2.05, 4.69) is 10.2 Å². The average Bonchev–Trinajstić information content (AvgIpc) is 2.91. The quantitative estimate of drug-likeness (QED) is 0.740. The van der Waals surface area contributed by atoms with Gasteiger partial charge in [-0.2, -0.15) is 0 Å². The van der Waals surface area contributed by atoms with Crippen LogP contribution in [-0.4, -0.2) is 80.4 Å². The van der Waals surface area contributed by atoms with Crippen molar-refractivity contribution < 1.29 is 13.2 Å². The van der Waals surface area contributed by atoms with Crippen molar-refractivity contribution >= 4 is 28.2 Å². The Bertz CT molecular complexity index is 515. The molecular formula is C16H32ClN3O3S. The predicted octanol–water partition coefficient (Wildman–Crippen LogP) is 0.906. The van der Waals surface area contributed by atoms with E-state index in [1.54, 1.807) is 0 Å². The first-order valence-corrected chi connectivity index (χ1v) is 10.6. The first-order valence-electron chi connectivity index (χ1n) is 8.80. The van der Waals surface area contributed by atoms with Gasteiger partial charge in [-0.1, -0.05) is 6.92 Å². The number of hydrogen-bond donors (Lipinski definition) is 1. The molecule has 3 unspecified atom stereocenters. The van der Waals surface area contributed by atoms with Gasteiger partial charge < -0.3 is 10.2 Å². The molecule has 0 saturated carbocycles. The normalized spacial score (nSPS) is 28.1. The van der Waals surface area contributed by atoms with E-state index in [4.69, 9.17) is 0 Å². The number of nitrogens with zero attached hydrogens (tertiary/aromatic N) is 2. The van der Waals surface area contributed by atoms with Gasteiger partial charge in [-0.25, -0.2) is 8.42 Å². The van der Waals surface area contributed by atoms with Crippen LogP contribution in [0, 0.1) is 0 Å². The van der Waals surface area contributed by atoms with Crippen molar-refractivity contribution in [3.05, 3.63) is 0 Å². The maximum Gasteiger partial charge on any atom is 0.239 e. The van der Waals surface area contributed by atoms with Crippen LogP contribution in [0.15, 0.2) is 0 Å². The van der Waals surface area contributed by atoms with Crippen LogP contribution in [-0.2, 0) is 14.6 Å². The molecular weight excluding hydrogens is 350 g/mol. The number of sulfone groups is 1. The lowest BCUT2D eigenvalue weighted by atomic mass is 10.0. The second-order valence-electron chi connectivity index (χ2n) is 6.89. The molecule has 3 atom stereocenters. The van der Waals surface area contributed by atoms with Crippen LogP contribution in [0.1, 0.15) is 39.5 Å². The minimum absolute atomic E-state index is 0. The van der Waals surface area contributed by atoms with E-state index >= 15 is 0 Å². The Morgan fingerprint density at radius 2 is 2.08 bits per heavy atom. The minimum atomic E-state index is -2.97. The summed E-state index contributed by atoms with van der Waals surface area (Å²) in [6, 6.07) is 0.117. The molecule has 2 aliphatic heterocycles. The third-order valence-electron chi connectivity index (χ3n) is 5.16. The van der Waals surface area contributed by atoms with Crippen molar-refractivity contribution in [2.45, 2.75) is 57.7 Å². The molecule has 0 aromatic carbocycles. The lowest BCUT2D eigenvalue weighted by Gasteiger charge is -2.39. The number of rotatable bonds is 6. The summed E-state index contributed by atoms with van der Waals surface area (Å²) in [5, 5.41) is 3.30. The molecule has 0 aliphatic carbocycles. The molecule has 1 N–H and O–H groups in total. The van der Waals surface area contributed by atoms with Gasteiger partial charge >= 0.3 is 0 Å². The van der Waals surface area contributed by atoms with Crippen molar-refractivity contribution in [2.24, 2.45) is 0 Å². The molecule has 0 aromatic rings. The van der Waals surface area contributed by atoms with Gasteiger partial charge in [0.15, 0.2) is 9.84 Å². The Morgan fingerprint density at radius 1 is 1.38 bits per heavy atom. The minimum Gasteiger partial charge on any atom is -0.337 e. The molecule has 2 saturated heterocycles. The Balaban J connectivity index is 0.00000288. The second-order valence-corrected chi connectivity index (χ2v) is 9.12. The number of halogens is 1. The molecule has 8 heteroatoms. The van der Waals surface area contributed by atoms with Crippen molar-refractivity contribution in [3.63, 3.8) is 0 Å². The number of carbonyl (C=O) groups excluding carboxylic acids is 1. The number of amides is 1. The van der Waals surface area contributed by atoms with E-state index in [9.17, 15) is 13.2 Å². The molecule has 24 heavy (non-hydrogen) atoms. The smallest absolute Gasteiger partial charge is 0.239 e. The average molecular weight is 382 g/mol. The lowest BCUT2D eigenvalue weighted by Crippen LogP contribution is -2.55. The fourth-order valence-corrected chi connectivity index (χ4v) is 5.46. The summed E-state index contributed by atoms with van der Waals surface area (Å²) in [4.78, 5) is 17.1. The number of piperidine rings is 1. The number of likely N-dealkylation sites (tertiary alicyclic amines) is 1. The van der Waals surface area contributed by atoms with E-state index < -0.39 is 9.84 Å². The van der Waals surface area contributed by atoms with Gasteiger partial charge in [0.1, 0.15) is 0 Å². The zero-order chi connectivity index (χ0) is 17.0. The van der Waals surface area contributed by atoms with E-state index in [0.29, 0.717) is 19.0 Å². The van der Waals surface area contributed by atoms with Crippen LogP contribution < -0.4 is 5.32 Å². The molecule has 1 amide bonds. The largest absolute Gasteiger partial charge is 0.337 e. The first-order chi connectivity index (χ1) is 10.9. The van der Waals surface area contributed by atoms with Crippen LogP contribution >= 0.6 is 12.4 Å². The summed E-state index contributed by atoms with van der Waals surface area (Å²) in [6.45, 7) is 6.46. The summed E-state index contributed by atoms with van der Waals surface area (Å²) >= 11 is 0. The van der Waals surface area contributed by atoms with Crippen molar-refractivity contribution in [2.75, 3.05) is 38.2 Å². The second kappa shape index (κ2) is 9.36. The summed E-state index contributed by atoms with van der Waals surface area (Å²) < 4.78 is 23.5. The first kappa shape index (κ1) is 21.7. The number of hydrogen-bond acceptors (Lipinski definition) is 5. The van der Waals surface area contributed by atoms with Crippen molar-refractivity contribution in [1.82, 2.24) is 15.1 Å². The number of likely N-dealkylation sites (N-methyl/N-ethyl adjacent to an activating group) is 1. The van der Waals surface area contributed by atoms with Crippen LogP contribution in [0.2, 0.25) is 0 Å². The van der Waals surface area contributed by atoms with Crippen LogP contribution in [0.4, 0.5) is 0 Å². The maximum atomic E-state index is 13.0. The monoisotopic (exact) mass is 381 g/mol. The molecule has 0 bridgehead atoms. The van der Waals surface area contributed by atoms with Crippen LogP contribution in [0.3, 0.4) is 0 Å². The van der Waals surface area contributed by atoms with E-state index in [-0.39, 0.29) is 41.9 Å². The highest BCUT2D eigenvalue weighted by atomic mass is 35.5. The summed E-state index contributed by atoms with van der Waals surface area (Å²) in [5.74, 6) is 0.432. The third-order valence-corrected chi connectivity index (χ3v) is 6.91.